The van der Waals surface area contributed by atoms with Crippen LogP contribution in [0.4, 0.5) is 5.69 Å². The number of piperidine rings is 1. The van der Waals surface area contributed by atoms with Gasteiger partial charge in [0.1, 0.15) is 0 Å². The van der Waals surface area contributed by atoms with Crippen molar-refractivity contribution in [1.29, 1.82) is 0 Å². The van der Waals surface area contributed by atoms with Crippen molar-refractivity contribution in [3.8, 4) is 0 Å². The highest BCUT2D eigenvalue weighted by Gasteiger charge is 2.44. The Morgan fingerprint density at radius 3 is 2.20 bits per heavy atom. The van der Waals surface area contributed by atoms with Crippen LogP contribution in [0.1, 0.15) is 120 Å². The Morgan fingerprint density at radius 1 is 0.857 bits per heavy atom. The molecular weight excluding hydrogens is 624 g/mol. The molecule has 6 atom stereocenters. The Labute approximate surface area is 290 Å². The third kappa shape index (κ3) is 10.3. The first-order valence-electron chi connectivity index (χ1n) is 17.9. The average molecular weight is 679 g/mol. The van der Waals surface area contributed by atoms with Gasteiger partial charge in [-0.2, -0.15) is 0 Å². The van der Waals surface area contributed by atoms with Gasteiger partial charge in [-0.3, -0.25) is 24.5 Å². The summed E-state index contributed by atoms with van der Waals surface area (Å²) >= 11 is 0. The van der Waals surface area contributed by atoms with Crippen LogP contribution < -0.4 is 16.1 Å². The highest BCUT2D eigenvalue weighted by Crippen LogP contribution is 2.42. The van der Waals surface area contributed by atoms with Gasteiger partial charge in [-0.25, -0.2) is 5.48 Å². The molecule has 49 heavy (non-hydrogen) atoms. The molecule has 0 spiro atoms. The number of hydroxylamine groups is 1. The van der Waals surface area contributed by atoms with Crippen LogP contribution in [-0.2, 0) is 30.5 Å². The van der Waals surface area contributed by atoms with Gasteiger partial charge in [0.05, 0.1) is 24.9 Å². The molecule has 2 aromatic rings. The van der Waals surface area contributed by atoms with Crippen molar-refractivity contribution < 1.29 is 34.2 Å². The van der Waals surface area contributed by atoms with Gasteiger partial charge in [-0.05, 0) is 88.5 Å². The first kappa shape index (κ1) is 36.9. The smallest absolute Gasteiger partial charge is 0.243 e. The number of carbonyl (C=O) groups is 3. The molecule has 2 aliphatic heterocycles. The number of aliphatic hydroxyl groups is 1. The summed E-state index contributed by atoms with van der Waals surface area (Å²) in [6, 6.07) is 15.4. The zero-order valence-electron chi connectivity index (χ0n) is 29.2. The second kappa shape index (κ2) is 17.0. The molecule has 0 unspecified atom stereocenters. The molecule has 11 nitrogen and oxygen atoms in total. The second-order valence-electron chi connectivity index (χ2n) is 14.9. The van der Waals surface area contributed by atoms with Gasteiger partial charge in [0.15, 0.2) is 6.29 Å². The predicted octanol–water partition coefficient (Wildman–Crippen LogP) is 5.67. The van der Waals surface area contributed by atoms with Crippen LogP contribution in [0, 0.1) is 5.92 Å². The highest BCUT2D eigenvalue weighted by molar-refractivity contribution is 5.90. The zero-order valence-corrected chi connectivity index (χ0v) is 29.2. The maximum Gasteiger partial charge on any atom is 0.243 e. The van der Waals surface area contributed by atoms with E-state index >= 15 is 0 Å². The van der Waals surface area contributed by atoms with Crippen LogP contribution in [0.5, 0.6) is 0 Å². The molecule has 0 radical (unpaired) electrons. The Bertz CT molecular complexity index is 1390. The SMILES string of the molecule is CC(C)(C)NC(=O)[C@H]1CC[C@H]2CCCC[C@H]2N1C[C@@H]1C[C@H](c2ccc(CO)cc2)O[C@H](c2ccc(NC(=O)CCCCC(=O)NO)cc2)O1. The number of carbonyl (C=O) groups excluding carboxylic acids is 3. The minimum absolute atomic E-state index is 0.0283. The molecule has 3 fully saturated rings. The summed E-state index contributed by atoms with van der Waals surface area (Å²) in [6.45, 7) is 6.68. The first-order valence-corrected chi connectivity index (χ1v) is 17.9. The van der Waals surface area contributed by atoms with Crippen molar-refractivity contribution in [1.82, 2.24) is 15.7 Å². The number of hydrogen-bond acceptors (Lipinski definition) is 8. The lowest BCUT2D eigenvalue weighted by molar-refractivity contribution is -0.255. The summed E-state index contributed by atoms with van der Waals surface area (Å²) in [4.78, 5) is 39.8. The lowest BCUT2D eigenvalue weighted by Crippen LogP contribution is -2.61. The average Bonchev–Trinajstić information content (AvgIpc) is 3.09. The van der Waals surface area contributed by atoms with E-state index in [1.165, 1.54) is 19.3 Å². The number of hydrogen-bond donors (Lipinski definition) is 5. The standard InChI is InChI=1S/C38H54N4O7/c1-38(2,3)40-36(46)32-21-18-26-8-4-5-9-31(26)42(32)23-30-22-33(27-14-12-25(24-43)13-15-27)49-37(48-30)28-16-19-29(20-17-28)39-34(44)10-6-7-11-35(45)41-47/h12-17,19-20,26,30-33,37,43,47H,4-11,18,21-24H2,1-3H3,(H,39,44)(H,40,46)(H,41,45)/t26-,30+,31-,32-,33-,37-/m1/s1. The summed E-state index contributed by atoms with van der Waals surface area (Å²) in [5.41, 5.74) is 4.60. The number of likely N-dealkylation sites (tertiary alicyclic amines) is 1. The fourth-order valence-electron chi connectivity index (χ4n) is 7.57. The summed E-state index contributed by atoms with van der Waals surface area (Å²) in [5.74, 6) is 0.0633. The van der Waals surface area contributed by atoms with E-state index in [9.17, 15) is 19.5 Å². The van der Waals surface area contributed by atoms with E-state index in [0.29, 0.717) is 43.5 Å². The molecule has 2 aromatic carbocycles. The quantitative estimate of drug-likeness (QED) is 0.110. The van der Waals surface area contributed by atoms with E-state index in [4.69, 9.17) is 14.7 Å². The van der Waals surface area contributed by atoms with Gasteiger partial charge in [-0.15, -0.1) is 0 Å². The van der Waals surface area contributed by atoms with Crippen molar-refractivity contribution in [2.75, 3.05) is 11.9 Å². The molecule has 0 bridgehead atoms. The number of fused-ring (bicyclic) bond motifs is 1. The minimum Gasteiger partial charge on any atom is -0.392 e. The van der Waals surface area contributed by atoms with Crippen LogP contribution in [-0.4, -0.2) is 63.2 Å². The molecular formula is C38H54N4O7. The highest BCUT2D eigenvalue weighted by atomic mass is 16.7. The van der Waals surface area contributed by atoms with Crippen molar-refractivity contribution in [3.63, 3.8) is 0 Å². The van der Waals surface area contributed by atoms with Crippen molar-refractivity contribution in [3.05, 3.63) is 65.2 Å². The molecule has 268 valence electrons. The fraction of sp³-hybridized carbons (Fsp3) is 0.605. The molecule has 2 saturated heterocycles. The van der Waals surface area contributed by atoms with E-state index in [1.807, 2.05) is 69.3 Å². The number of anilines is 1. The number of rotatable bonds is 12. The van der Waals surface area contributed by atoms with Gasteiger partial charge in [0, 0.05) is 48.6 Å². The molecule has 11 heteroatoms. The number of amides is 3. The summed E-state index contributed by atoms with van der Waals surface area (Å²) in [5, 5.41) is 24.4. The minimum atomic E-state index is -0.655. The van der Waals surface area contributed by atoms with Crippen molar-refractivity contribution in [2.45, 2.75) is 134 Å². The Kier molecular flexibility index (Phi) is 12.8. The maximum atomic E-state index is 13.7. The number of aliphatic hydroxyl groups excluding tert-OH is 1. The number of nitrogens with one attached hydrogen (secondary N) is 3. The third-order valence-corrected chi connectivity index (χ3v) is 9.99. The summed E-state index contributed by atoms with van der Waals surface area (Å²) < 4.78 is 13.3. The Balaban J connectivity index is 1.32. The fourth-order valence-corrected chi connectivity index (χ4v) is 7.57. The number of unbranched alkanes of at least 4 members (excludes halogenated alkanes) is 1. The number of benzene rings is 2. The van der Waals surface area contributed by atoms with E-state index in [2.05, 4.69) is 15.5 Å². The monoisotopic (exact) mass is 678 g/mol. The topological polar surface area (TPSA) is 149 Å². The molecule has 3 aliphatic rings. The largest absolute Gasteiger partial charge is 0.392 e. The molecule has 5 rings (SSSR count). The van der Waals surface area contributed by atoms with Crippen LogP contribution in [0.3, 0.4) is 0 Å². The molecule has 1 saturated carbocycles. The van der Waals surface area contributed by atoms with Gasteiger partial charge in [0.25, 0.3) is 0 Å². The predicted molar refractivity (Wildman–Crippen MR) is 185 cm³/mol. The lowest BCUT2D eigenvalue weighted by Gasteiger charge is -2.50. The summed E-state index contributed by atoms with van der Waals surface area (Å²) in [7, 11) is 0. The van der Waals surface area contributed by atoms with E-state index in [1.54, 1.807) is 5.48 Å². The van der Waals surface area contributed by atoms with Gasteiger partial charge < -0.3 is 25.2 Å². The van der Waals surface area contributed by atoms with Crippen LogP contribution in [0.2, 0.25) is 0 Å². The zero-order chi connectivity index (χ0) is 35.0. The first-order chi connectivity index (χ1) is 23.5. The van der Waals surface area contributed by atoms with Gasteiger partial charge in [-0.1, -0.05) is 49.2 Å². The van der Waals surface area contributed by atoms with E-state index < -0.39 is 12.2 Å². The molecule has 2 heterocycles. The van der Waals surface area contributed by atoms with Gasteiger partial charge in [0.2, 0.25) is 17.7 Å². The number of ether oxygens (including phenoxy) is 2. The van der Waals surface area contributed by atoms with Crippen LogP contribution in [0.25, 0.3) is 0 Å². The van der Waals surface area contributed by atoms with E-state index in [-0.39, 0.29) is 55.1 Å². The van der Waals surface area contributed by atoms with Crippen molar-refractivity contribution in [2.24, 2.45) is 5.92 Å². The van der Waals surface area contributed by atoms with Gasteiger partial charge >= 0.3 is 0 Å². The molecule has 1 aliphatic carbocycles. The molecule has 3 amide bonds. The Hall–Kier alpha value is -3.35. The lowest BCUT2D eigenvalue weighted by atomic mass is 9.75. The number of nitrogens with zero attached hydrogens (tertiary/aromatic N) is 1. The van der Waals surface area contributed by atoms with Crippen LogP contribution >= 0.6 is 0 Å². The van der Waals surface area contributed by atoms with E-state index in [0.717, 1.165) is 36.0 Å². The normalized spacial score (nSPS) is 26.0. The molecule has 5 N–H and O–H groups in total. The Morgan fingerprint density at radius 2 is 1.53 bits per heavy atom. The van der Waals surface area contributed by atoms with Crippen molar-refractivity contribution >= 4 is 23.4 Å². The van der Waals surface area contributed by atoms with Crippen LogP contribution in [0.15, 0.2) is 48.5 Å². The summed E-state index contributed by atoms with van der Waals surface area (Å²) in [6.07, 6.45) is 7.61. The molecule has 0 aromatic heterocycles. The maximum absolute atomic E-state index is 13.7. The third-order valence-electron chi connectivity index (χ3n) is 9.99. The second-order valence-corrected chi connectivity index (χ2v) is 14.9.